The number of fused-ring (bicyclic) bond motifs is 1. The number of rotatable bonds is 1. The number of benzene rings is 1. The van der Waals surface area contributed by atoms with Gasteiger partial charge in [-0.1, -0.05) is 29.8 Å². The van der Waals surface area contributed by atoms with Crippen LogP contribution in [0.2, 0.25) is 5.02 Å². The second-order valence-corrected chi connectivity index (χ2v) is 6.14. The van der Waals surface area contributed by atoms with Gasteiger partial charge in [0.1, 0.15) is 5.82 Å². The zero-order valence-corrected chi connectivity index (χ0v) is 12.9. The molecule has 2 heterocycles. The van der Waals surface area contributed by atoms with E-state index >= 15 is 0 Å². The Kier molecular flexibility index (Phi) is 3.50. The van der Waals surface area contributed by atoms with Crippen molar-refractivity contribution in [3.05, 3.63) is 51.6 Å². The van der Waals surface area contributed by atoms with Crippen LogP contribution in [-0.2, 0) is 6.42 Å². The van der Waals surface area contributed by atoms with Crippen molar-refractivity contribution in [1.82, 2.24) is 4.98 Å². The van der Waals surface area contributed by atoms with E-state index in [0.717, 1.165) is 23.1 Å². The van der Waals surface area contributed by atoms with Gasteiger partial charge >= 0.3 is 0 Å². The van der Waals surface area contributed by atoms with E-state index in [2.05, 4.69) is 57.0 Å². The molecular formula is C15H14BrClN2. The minimum absolute atomic E-state index is 0.430. The van der Waals surface area contributed by atoms with Crippen LogP contribution in [0.25, 0.3) is 0 Å². The lowest BCUT2D eigenvalue weighted by atomic mass is 9.96. The molecule has 0 aliphatic carbocycles. The van der Waals surface area contributed by atoms with Gasteiger partial charge in [-0.05, 0) is 53.4 Å². The Morgan fingerprint density at radius 3 is 2.95 bits per heavy atom. The molecule has 0 N–H and O–H groups in total. The fourth-order valence-electron chi connectivity index (χ4n) is 2.60. The molecule has 0 spiro atoms. The first-order valence-electron chi connectivity index (χ1n) is 6.35. The lowest BCUT2D eigenvalue weighted by Crippen LogP contribution is -2.34. The number of halogens is 2. The highest BCUT2D eigenvalue weighted by Crippen LogP contribution is 2.39. The van der Waals surface area contributed by atoms with E-state index in [1.54, 1.807) is 6.20 Å². The van der Waals surface area contributed by atoms with Crippen molar-refractivity contribution in [3.63, 3.8) is 0 Å². The van der Waals surface area contributed by atoms with Crippen LogP contribution < -0.4 is 4.90 Å². The minimum atomic E-state index is 0.430. The first kappa shape index (κ1) is 12.9. The molecule has 3 rings (SSSR count). The largest absolute Gasteiger partial charge is 0.322 e. The number of aryl methyl sites for hydroxylation is 1. The molecule has 0 saturated heterocycles. The van der Waals surface area contributed by atoms with E-state index in [4.69, 9.17) is 11.6 Å². The first-order chi connectivity index (χ1) is 9.16. The molecule has 1 aliphatic heterocycles. The van der Waals surface area contributed by atoms with Crippen LogP contribution in [0, 0.1) is 0 Å². The number of pyridine rings is 1. The zero-order chi connectivity index (χ0) is 13.4. The summed E-state index contributed by atoms with van der Waals surface area (Å²) in [5, 5.41) is 0.647. The molecule has 4 heteroatoms. The summed E-state index contributed by atoms with van der Waals surface area (Å²) >= 11 is 9.55. The quantitative estimate of drug-likeness (QED) is 0.730. The summed E-state index contributed by atoms with van der Waals surface area (Å²) in [6.45, 7) is 2.23. The van der Waals surface area contributed by atoms with Crippen molar-refractivity contribution in [2.75, 3.05) is 4.90 Å². The molecule has 0 bridgehead atoms. The fraction of sp³-hybridized carbons (Fsp3) is 0.267. The minimum Gasteiger partial charge on any atom is -0.322 e. The second kappa shape index (κ2) is 5.14. The smallest absolute Gasteiger partial charge is 0.147 e. The normalized spacial score (nSPS) is 18.3. The topological polar surface area (TPSA) is 16.1 Å². The number of nitrogens with zero attached hydrogens (tertiary/aromatic N) is 2. The number of hydrogen-bond acceptors (Lipinski definition) is 2. The van der Waals surface area contributed by atoms with Crippen LogP contribution in [0.4, 0.5) is 11.5 Å². The Balaban J connectivity index is 2.13. The Bertz CT molecular complexity index is 615. The van der Waals surface area contributed by atoms with E-state index in [0.29, 0.717) is 11.1 Å². The molecule has 0 amide bonds. The van der Waals surface area contributed by atoms with Crippen LogP contribution in [0.1, 0.15) is 18.9 Å². The van der Waals surface area contributed by atoms with E-state index in [-0.39, 0.29) is 0 Å². The van der Waals surface area contributed by atoms with Crippen molar-refractivity contribution >= 4 is 39.0 Å². The van der Waals surface area contributed by atoms with Crippen LogP contribution in [0.15, 0.2) is 41.0 Å². The average Bonchev–Trinajstić information content (AvgIpc) is 2.40. The molecule has 2 nitrogen and oxygen atoms in total. The summed E-state index contributed by atoms with van der Waals surface area (Å²) in [6, 6.07) is 10.9. The molecule has 98 valence electrons. The SMILES string of the molecule is CC1CCc2ccccc2N1c1ncc(Cl)cc1Br. The Morgan fingerprint density at radius 2 is 2.16 bits per heavy atom. The standard InChI is InChI=1S/C15H14BrClN2/c1-10-6-7-11-4-2-3-5-14(11)19(10)15-13(16)8-12(17)9-18-15/h2-5,8-10H,6-7H2,1H3. The highest BCUT2D eigenvalue weighted by molar-refractivity contribution is 9.10. The van der Waals surface area contributed by atoms with Gasteiger partial charge in [0.05, 0.1) is 9.50 Å². The molecule has 1 aromatic heterocycles. The Morgan fingerprint density at radius 1 is 1.37 bits per heavy atom. The van der Waals surface area contributed by atoms with Gasteiger partial charge in [-0.15, -0.1) is 0 Å². The van der Waals surface area contributed by atoms with Crippen molar-refractivity contribution in [3.8, 4) is 0 Å². The molecule has 1 aromatic carbocycles. The third-order valence-electron chi connectivity index (χ3n) is 3.54. The summed E-state index contributed by atoms with van der Waals surface area (Å²) in [4.78, 5) is 6.79. The van der Waals surface area contributed by atoms with E-state index < -0.39 is 0 Å². The van der Waals surface area contributed by atoms with Crippen LogP contribution in [0.3, 0.4) is 0 Å². The lowest BCUT2D eigenvalue weighted by Gasteiger charge is -2.36. The van der Waals surface area contributed by atoms with Gasteiger partial charge in [-0.2, -0.15) is 0 Å². The maximum absolute atomic E-state index is 5.98. The van der Waals surface area contributed by atoms with Crippen molar-refractivity contribution in [2.45, 2.75) is 25.8 Å². The summed E-state index contributed by atoms with van der Waals surface area (Å²) in [5.74, 6) is 0.934. The van der Waals surface area contributed by atoms with E-state index in [9.17, 15) is 0 Å². The van der Waals surface area contributed by atoms with Gasteiger partial charge in [0, 0.05) is 17.9 Å². The number of aromatic nitrogens is 1. The Hall–Kier alpha value is -1.06. The summed E-state index contributed by atoms with van der Waals surface area (Å²) in [5.41, 5.74) is 2.63. The van der Waals surface area contributed by atoms with Gasteiger partial charge in [0.25, 0.3) is 0 Å². The monoisotopic (exact) mass is 336 g/mol. The van der Waals surface area contributed by atoms with Gasteiger partial charge in [0.2, 0.25) is 0 Å². The maximum Gasteiger partial charge on any atom is 0.147 e. The fourth-order valence-corrected chi connectivity index (χ4v) is 3.43. The predicted molar refractivity (Wildman–Crippen MR) is 83.3 cm³/mol. The number of anilines is 2. The first-order valence-corrected chi connectivity index (χ1v) is 7.52. The van der Waals surface area contributed by atoms with Crippen LogP contribution in [0.5, 0.6) is 0 Å². The molecule has 1 aliphatic rings. The molecule has 0 radical (unpaired) electrons. The number of hydrogen-bond donors (Lipinski definition) is 0. The predicted octanol–water partition coefficient (Wildman–Crippen LogP) is 4.97. The van der Waals surface area contributed by atoms with E-state index in [1.807, 2.05) is 6.07 Å². The van der Waals surface area contributed by atoms with Crippen molar-refractivity contribution < 1.29 is 0 Å². The molecule has 19 heavy (non-hydrogen) atoms. The molecular weight excluding hydrogens is 324 g/mol. The lowest BCUT2D eigenvalue weighted by molar-refractivity contribution is 0.612. The van der Waals surface area contributed by atoms with Gasteiger partial charge < -0.3 is 4.90 Å². The molecule has 2 aromatic rings. The third kappa shape index (κ3) is 2.37. The van der Waals surface area contributed by atoms with E-state index in [1.165, 1.54) is 11.3 Å². The average molecular weight is 338 g/mol. The van der Waals surface area contributed by atoms with Crippen molar-refractivity contribution in [2.24, 2.45) is 0 Å². The van der Waals surface area contributed by atoms with Crippen molar-refractivity contribution in [1.29, 1.82) is 0 Å². The molecule has 0 saturated carbocycles. The zero-order valence-electron chi connectivity index (χ0n) is 10.6. The van der Waals surface area contributed by atoms with Gasteiger partial charge in [0.15, 0.2) is 0 Å². The number of para-hydroxylation sites is 1. The molecule has 1 atom stereocenters. The second-order valence-electron chi connectivity index (χ2n) is 4.85. The summed E-state index contributed by atoms with van der Waals surface area (Å²) in [6.07, 6.45) is 3.96. The maximum atomic E-state index is 5.98. The Labute approximate surface area is 126 Å². The highest BCUT2D eigenvalue weighted by Gasteiger charge is 2.26. The van der Waals surface area contributed by atoms with Gasteiger partial charge in [-0.25, -0.2) is 4.98 Å². The van der Waals surface area contributed by atoms with Gasteiger partial charge in [-0.3, -0.25) is 0 Å². The molecule has 1 unspecified atom stereocenters. The van der Waals surface area contributed by atoms with Crippen LogP contribution >= 0.6 is 27.5 Å². The third-order valence-corrected chi connectivity index (χ3v) is 4.33. The summed E-state index contributed by atoms with van der Waals surface area (Å²) < 4.78 is 0.934. The summed E-state index contributed by atoms with van der Waals surface area (Å²) in [7, 11) is 0. The van der Waals surface area contributed by atoms with Crippen LogP contribution in [-0.4, -0.2) is 11.0 Å². The molecule has 0 fully saturated rings. The highest BCUT2D eigenvalue weighted by atomic mass is 79.9.